The molecule has 1 saturated heterocycles. The summed E-state index contributed by atoms with van der Waals surface area (Å²) in [5.41, 5.74) is 1.29. The van der Waals surface area contributed by atoms with Crippen molar-refractivity contribution in [2.24, 2.45) is 7.05 Å². The number of anilines is 1. The Hall–Kier alpha value is -2.32. The van der Waals surface area contributed by atoms with E-state index in [1.54, 1.807) is 30.2 Å². The number of aryl methyl sites for hydroxylation is 1. The highest BCUT2D eigenvalue weighted by Gasteiger charge is 2.37. The minimum absolute atomic E-state index is 0.134. The molecule has 23 heavy (non-hydrogen) atoms. The third kappa shape index (κ3) is 3.22. The van der Waals surface area contributed by atoms with Crippen molar-refractivity contribution in [1.82, 2.24) is 19.7 Å². The van der Waals surface area contributed by atoms with Crippen LogP contribution in [-0.4, -0.2) is 50.9 Å². The zero-order chi connectivity index (χ0) is 16.6. The molecular weight excluding hydrogens is 311 g/mol. The van der Waals surface area contributed by atoms with E-state index in [9.17, 15) is 18.0 Å². The van der Waals surface area contributed by atoms with Crippen molar-refractivity contribution >= 4 is 22.6 Å². The van der Waals surface area contributed by atoms with Crippen molar-refractivity contribution in [2.45, 2.75) is 25.1 Å². The molecule has 124 valence electrons. The number of nitrogens with one attached hydrogen (secondary N) is 1. The number of hydrogen-bond acceptors (Lipinski definition) is 4. The molecule has 1 aliphatic rings. The largest absolute Gasteiger partial charge is 0.406 e. The molecule has 0 aromatic carbocycles. The van der Waals surface area contributed by atoms with Gasteiger partial charge in [0.1, 0.15) is 12.6 Å². The van der Waals surface area contributed by atoms with Gasteiger partial charge in [0.05, 0.1) is 11.6 Å². The molecule has 2 aromatic rings. The van der Waals surface area contributed by atoms with Crippen molar-refractivity contribution in [3.05, 3.63) is 18.5 Å². The molecule has 2 aromatic heterocycles. The molecule has 1 aliphatic heterocycles. The topological polar surface area (TPSA) is 63.1 Å². The molecule has 0 aliphatic carbocycles. The molecular formula is C14H16F3N5O. The van der Waals surface area contributed by atoms with Crippen molar-refractivity contribution in [3.8, 4) is 0 Å². The second-order valence-electron chi connectivity index (χ2n) is 5.58. The standard InChI is InChI=1S/C14H16F3N5O/c1-21-12-9(7-19-21)10(4-5-18-12)20-11-3-2-6-22(13(11)23)8-14(15,16)17/h4-5,7,11H,2-3,6,8H2,1H3,(H,18,20). The van der Waals surface area contributed by atoms with E-state index in [4.69, 9.17) is 0 Å². The van der Waals surface area contributed by atoms with E-state index in [1.165, 1.54) is 0 Å². The summed E-state index contributed by atoms with van der Waals surface area (Å²) in [5, 5.41) is 7.88. The Morgan fingerprint density at radius 1 is 1.43 bits per heavy atom. The average molecular weight is 327 g/mol. The lowest BCUT2D eigenvalue weighted by Crippen LogP contribution is -2.50. The van der Waals surface area contributed by atoms with Gasteiger partial charge >= 0.3 is 6.18 Å². The zero-order valence-corrected chi connectivity index (χ0v) is 12.5. The number of halogens is 3. The second-order valence-corrected chi connectivity index (χ2v) is 5.58. The molecule has 1 atom stereocenters. The first-order chi connectivity index (χ1) is 10.8. The maximum Gasteiger partial charge on any atom is 0.406 e. The molecule has 0 radical (unpaired) electrons. The molecule has 1 fully saturated rings. The molecule has 1 N–H and O–H groups in total. The zero-order valence-electron chi connectivity index (χ0n) is 12.5. The summed E-state index contributed by atoms with van der Waals surface area (Å²) in [7, 11) is 1.75. The monoisotopic (exact) mass is 327 g/mol. The predicted molar refractivity (Wildman–Crippen MR) is 77.8 cm³/mol. The smallest absolute Gasteiger partial charge is 0.373 e. The molecule has 0 bridgehead atoms. The molecule has 3 rings (SSSR count). The summed E-state index contributed by atoms with van der Waals surface area (Å²) in [5.74, 6) is -0.526. The van der Waals surface area contributed by atoms with Crippen LogP contribution in [0.3, 0.4) is 0 Å². The van der Waals surface area contributed by atoms with E-state index in [1.807, 2.05) is 0 Å². The van der Waals surface area contributed by atoms with Crippen molar-refractivity contribution in [2.75, 3.05) is 18.4 Å². The van der Waals surface area contributed by atoms with Crippen molar-refractivity contribution in [1.29, 1.82) is 0 Å². The van der Waals surface area contributed by atoms with Gasteiger partial charge in [0.15, 0.2) is 5.65 Å². The fraction of sp³-hybridized carbons (Fsp3) is 0.500. The fourth-order valence-corrected chi connectivity index (χ4v) is 2.81. The summed E-state index contributed by atoms with van der Waals surface area (Å²) in [6.07, 6.45) is -0.165. The minimum atomic E-state index is -4.38. The number of likely N-dealkylation sites (tertiary alicyclic amines) is 1. The SMILES string of the molecule is Cn1ncc2c(NC3CCCN(CC(F)(F)F)C3=O)ccnc21. The van der Waals surface area contributed by atoms with E-state index < -0.39 is 24.7 Å². The van der Waals surface area contributed by atoms with Gasteiger partial charge in [-0.2, -0.15) is 18.3 Å². The van der Waals surface area contributed by atoms with Gasteiger partial charge in [-0.1, -0.05) is 0 Å². The average Bonchev–Trinajstić information content (AvgIpc) is 2.85. The van der Waals surface area contributed by atoms with Crippen LogP contribution in [0.1, 0.15) is 12.8 Å². The number of fused-ring (bicyclic) bond motifs is 1. The van der Waals surface area contributed by atoms with Crippen LogP contribution in [0.4, 0.5) is 18.9 Å². The van der Waals surface area contributed by atoms with Gasteiger partial charge in [-0.3, -0.25) is 9.48 Å². The van der Waals surface area contributed by atoms with Crippen LogP contribution in [0, 0.1) is 0 Å². The number of nitrogens with zero attached hydrogens (tertiary/aromatic N) is 4. The fourth-order valence-electron chi connectivity index (χ4n) is 2.81. The van der Waals surface area contributed by atoms with E-state index in [0.29, 0.717) is 24.2 Å². The minimum Gasteiger partial charge on any atom is -0.373 e. The van der Waals surface area contributed by atoms with E-state index >= 15 is 0 Å². The number of pyridine rings is 1. The summed E-state index contributed by atoms with van der Waals surface area (Å²) in [6.45, 7) is -1.07. The Morgan fingerprint density at radius 2 is 2.22 bits per heavy atom. The summed E-state index contributed by atoms with van der Waals surface area (Å²) in [4.78, 5) is 17.3. The van der Waals surface area contributed by atoms with Crippen LogP contribution < -0.4 is 5.32 Å². The van der Waals surface area contributed by atoms with Gasteiger partial charge in [0, 0.05) is 25.5 Å². The van der Waals surface area contributed by atoms with Gasteiger partial charge in [-0.25, -0.2) is 4.98 Å². The first kappa shape index (κ1) is 15.6. The highest BCUT2D eigenvalue weighted by atomic mass is 19.4. The molecule has 1 unspecified atom stereocenters. The van der Waals surface area contributed by atoms with Gasteiger partial charge in [-0.05, 0) is 18.9 Å². The molecule has 0 saturated carbocycles. The third-order valence-corrected chi connectivity index (χ3v) is 3.87. The molecule has 1 amide bonds. The Kier molecular flexibility index (Phi) is 3.87. The van der Waals surface area contributed by atoms with Crippen molar-refractivity contribution in [3.63, 3.8) is 0 Å². The maximum atomic E-state index is 12.5. The summed E-state index contributed by atoms with van der Waals surface area (Å²) >= 11 is 0. The first-order valence-electron chi connectivity index (χ1n) is 7.24. The van der Waals surface area contributed by atoms with E-state index in [0.717, 1.165) is 10.3 Å². The molecule has 6 nitrogen and oxygen atoms in total. The van der Waals surface area contributed by atoms with E-state index in [2.05, 4.69) is 15.4 Å². The highest BCUT2D eigenvalue weighted by Crippen LogP contribution is 2.25. The quantitative estimate of drug-likeness (QED) is 0.936. The van der Waals surface area contributed by atoms with Crippen LogP contribution in [0.5, 0.6) is 0 Å². The normalized spacial score (nSPS) is 19.4. The van der Waals surface area contributed by atoms with Gasteiger partial charge in [0.2, 0.25) is 5.91 Å². The van der Waals surface area contributed by atoms with Gasteiger partial charge in [-0.15, -0.1) is 0 Å². The first-order valence-corrected chi connectivity index (χ1v) is 7.24. The number of amides is 1. The lowest BCUT2D eigenvalue weighted by atomic mass is 10.0. The van der Waals surface area contributed by atoms with Crippen LogP contribution in [-0.2, 0) is 11.8 Å². The van der Waals surface area contributed by atoms with Crippen molar-refractivity contribution < 1.29 is 18.0 Å². The Balaban J connectivity index is 1.80. The molecule has 9 heteroatoms. The van der Waals surface area contributed by atoms with Gasteiger partial charge in [0.25, 0.3) is 0 Å². The number of carbonyl (C=O) groups excluding carboxylic acids is 1. The number of piperidine rings is 1. The third-order valence-electron chi connectivity index (χ3n) is 3.87. The lowest BCUT2D eigenvalue weighted by molar-refractivity contribution is -0.163. The highest BCUT2D eigenvalue weighted by molar-refractivity contribution is 5.92. The maximum absolute atomic E-state index is 12.5. The summed E-state index contributed by atoms with van der Waals surface area (Å²) < 4.78 is 39.2. The number of aromatic nitrogens is 3. The molecule has 0 spiro atoms. The summed E-state index contributed by atoms with van der Waals surface area (Å²) in [6, 6.07) is 1.02. The predicted octanol–water partition coefficient (Wildman–Crippen LogP) is 1.93. The number of alkyl halides is 3. The number of rotatable bonds is 3. The number of hydrogen-bond donors (Lipinski definition) is 1. The Labute approximate surface area is 130 Å². The lowest BCUT2D eigenvalue weighted by Gasteiger charge is -2.33. The van der Waals surface area contributed by atoms with Crippen LogP contribution in [0.2, 0.25) is 0 Å². The van der Waals surface area contributed by atoms with Gasteiger partial charge < -0.3 is 10.2 Å². The second kappa shape index (κ2) is 5.71. The van der Waals surface area contributed by atoms with Crippen LogP contribution in [0.25, 0.3) is 11.0 Å². The van der Waals surface area contributed by atoms with Crippen LogP contribution >= 0.6 is 0 Å². The Bertz CT molecular complexity index is 727. The Morgan fingerprint density at radius 3 is 2.96 bits per heavy atom. The van der Waals surface area contributed by atoms with E-state index in [-0.39, 0.29) is 6.54 Å². The molecule has 3 heterocycles. The van der Waals surface area contributed by atoms with Crippen LogP contribution in [0.15, 0.2) is 18.5 Å². The number of carbonyl (C=O) groups is 1.